The average Bonchev–Trinajstić information content (AvgIpc) is 2.78. The summed E-state index contributed by atoms with van der Waals surface area (Å²) >= 11 is 1.75. The Bertz CT molecular complexity index is 839. The molecule has 2 heterocycles. The molecule has 0 saturated heterocycles. The Balaban J connectivity index is 2.29. The number of rotatable bonds is 0. The maximum atomic E-state index is 4.72. The summed E-state index contributed by atoms with van der Waals surface area (Å²) in [5, 5.41) is 4.56. The van der Waals surface area contributed by atoms with Crippen LogP contribution < -0.4 is 9.75 Å². The standard InChI is InChI=1S/C15H8NS/c1-3-7-13-10(5-1)12-9-17-14-8-4-2-6-11(14)15(12)16-13/h1-5,7-9H/q+1. The molecule has 1 nitrogen and oxygen atoms in total. The van der Waals surface area contributed by atoms with Gasteiger partial charge in [-0.05, 0) is 6.07 Å². The number of benzene rings is 1. The molecule has 0 unspecified atom stereocenters. The molecule has 2 heteroatoms. The maximum absolute atomic E-state index is 4.72. The summed E-state index contributed by atoms with van der Waals surface area (Å²) in [7, 11) is 0. The Morgan fingerprint density at radius 1 is 1.18 bits per heavy atom. The zero-order valence-electron chi connectivity index (χ0n) is 8.97. The number of nitrogens with zero attached hydrogens (tertiary/aromatic N) is 1. The van der Waals surface area contributed by atoms with E-state index in [2.05, 4.69) is 35.7 Å². The lowest BCUT2D eigenvalue weighted by Gasteiger charge is -1.93. The van der Waals surface area contributed by atoms with Gasteiger partial charge < -0.3 is 0 Å². The highest BCUT2D eigenvalue weighted by atomic mass is 32.1. The summed E-state index contributed by atoms with van der Waals surface area (Å²) < 4.78 is 1.24. The van der Waals surface area contributed by atoms with Crippen molar-refractivity contribution in [3.8, 4) is 11.3 Å². The smallest absolute Gasteiger partial charge is 0.192 e. The van der Waals surface area contributed by atoms with Gasteiger partial charge in [0.1, 0.15) is 4.53 Å². The predicted octanol–water partition coefficient (Wildman–Crippen LogP) is 2.41. The van der Waals surface area contributed by atoms with Gasteiger partial charge in [0.25, 0.3) is 0 Å². The van der Waals surface area contributed by atoms with Gasteiger partial charge in [0, 0.05) is 29.0 Å². The summed E-state index contributed by atoms with van der Waals surface area (Å²) in [4.78, 5) is 4.72. The van der Waals surface area contributed by atoms with Crippen molar-refractivity contribution in [3.63, 3.8) is 0 Å². The van der Waals surface area contributed by atoms with Gasteiger partial charge in [-0.3, -0.25) is 0 Å². The molecule has 0 radical (unpaired) electrons. The largest absolute Gasteiger partial charge is 0.197 e. The lowest BCUT2D eigenvalue weighted by Crippen LogP contribution is -2.25. The zero-order chi connectivity index (χ0) is 11.2. The number of para-hydroxylation sites is 1. The van der Waals surface area contributed by atoms with Crippen LogP contribution in [0.2, 0.25) is 0 Å². The molecule has 2 aliphatic heterocycles. The van der Waals surface area contributed by atoms with Crippen LogP contribution in [0.5, 0.6) is 0 Å². The second kappa shape index (κ2) is 3.24. The number of allylic oxidation sites excluding steroid dienone is 2. The topological polar surface area (TPSA) is 12.9 Å². The third-order valence-corrected chi connectivity index (χ3v) is 3.99. The molecule has 1 aromatic rings. The molecule has 17 heavy (non-hydrogen) atoms. The summed E-state index contributed by atoms with van der Waals surface area (Å²) in [5.74, 6) is 0. The zero-order valence-corrected chi connectivity index (χ0v) is 9.79. The van der Waals surface area contributed by atoms with E-state index in [1.165, 1.54) is 15.5 Å². The first-order valence-corrected chi connectivity index (χ1v) is 6.38. The Morgan fingerprint density at radius 3 is 3.12 bits per heavy atom. The Labute approximate surface area is 102 Å². The Morgan fingerprint density at radius 2 is 2.12 bits per heavy atom. The SMILES string of the molecule is [C+]1=c2c3nc4ccccc4c-3csc2=CC=C1. The molecule has 0 fully saturated rings. The van der Waals surface area contributed by atoms with Crippen molar-refractivity contribution in [1.82, 2.24) is 4.98 Å². The molecule has 0 spiro atoms. The summed E-state index contributed by atoms with van der Waals surface area (Å²) in [6.07, 6.45) is 9.40. The van der Waals surface area contributed by atoms with E-state index in [4.69, 9.17) is 4.98 Å². The number of hydrogen-bond donors (Lipinski definition) is 0. The average molecular weight is 234 g/mol. The van der Waals surface area contributed by atoms with E-state index in [1.54, 1.807) is 11.3 Å². The Hall–Kier alpha value is -2.02. The van der Waals surface area contributed by atoms with Crippen molar-refractivity contribution in [2.75, 3.05) is 0 Å². The highest BCUT2D eigenvalue weighted by Gasteiger charge is 2.19. The molecule has 1 aliphatic carbocycles. The normalized spacial score (nSPS) is 12.9. The van der Waals surface area contributed by atoms with Crippen LogP contribution in [0.15, 0.2) is 41.8 Å². The molecule has 0 atom stereocenters. The van der Waals surface area contributed by atoms with Crippen molar-refractivity contribution < 1.29 is 0 Å². The third kappa shape index (κ3) is 1.19. The van der Waals surface area contributed by atoms with Gasteiger partial charge in [0.15, 0.2) is 10.9 Å². The van der Waals surface area contributed by atoms with Crippen molar-refractivity contribution in [2.45, 2.75) is 0 Å². The fraction of sp³-hybridized carbons (Fsp3) is 0. The van der Waals surface area contributed by atoms with Crippen LogP contribution in [0.25, 0.3) is 34.3 Å². The Kier molecular flexibility index (Phi) is 1.72. The van der Waals surface area contributed by atoms with Crippen molar-refractivity contribution in [3.05, 3.63) is 51.5 Å². The van der Waals surface area contributed by atoms with E-state index < -0.39 is 0 Å². The molecule has 0 saturated carbocycles. The van der Waals surface area contributed by atoms with E-state index >= 15 is 0 Å². The minimum atomic E-state index is 1.07. The first-order valence-electron chi connectivity index (χ1n) is 5.50. The first kappa shape index (κ1) is 9.06. The molecule has 0 N–H and O–H groups in total. The van der Waals surface area contributed by atoms with E-state index in [9.17, 15) is 0 Å². The van der Waals surface area contributed by atoms with Gasteiger partial charge in [-0.15, -0.1) is 0 Å². The molecule has 3 aliphatic rings. The van der Waals surface area contributed by atoms with Crippen LogP contribution in [0, 0.1) is 0 Å². The lowest BCUT2D eigenvalue weighted by atomic mass is 10.1. The minimum Gasteiger partial charge on any atom is -0.197 e. The van der Waals surface area contributed by atoms with E-state index in [1.807, 2.05) is 18.2 Å². The molecule has 78 valence electrons. The van der Waals surface area contributed by atoms with E-state index in [0.717, 1.165) is 16.4 Å². The van der Waals surface area contributed by atoms with Gasteiger partial charge in [-0.25, -0.2) is 0 Å². The minimum absolute atomic E-state index is 1.07. The molecule has 1 aromatic carbocycles. The number of fused-ring (bicyclic) bond motifs is 5. The monoisotopic (exact) mass is 234 g/mol. The number of aromatic nitrogens is 1. The molecular weight excluding hydrogens is 226 g/mol. The van der Waals surface area contributed by atoms with Gasteiger partial charge in [0.2, 0.25) is 0 Å². The summed E-state index contributed by atoms with van der Waals surface area (Å²) in [5.41, 5.74) is 3.38. The highest BCUT2D eigenvalue weighted by Crippen LogP contribution is 2.28. The van der Waals surface area contributed by atoms with E-state index in [0.29, 0.717) is 0 Å². The van der Waals surface area contributed by atoms with Gasteiger partial charge in [0.05, 0.1) is 17.2 Å². The van der Waals surface area contributed by atoms with Crippen LogP contribution in [-0.2, 0) is 0 Å². The van der Waals surface area contributed by atoms with E-state index in [-0.39, 0.29) is 0 Å². The third-order valence-electron chi connectivity index (χ3n) is 3.04. The molecule has 4 rings (SSSR count). The molecule has 0 amide bonds. The van der Waals surface area contributed by atoms with Crippen molar-refractivity contribution in [1.29, 1.82) is 0 Å². The second-order valence-electron chi connectivity index (χ2n) is 4.04. The fourth-order valence-corrected chi connectivity index (χ4v) is 3.16. The van der Waals surface area contributed by atoms with Gasteiger partial charge >= 0.3 is 0 Å². The quantitative estimate of drug-likeness (QED) is 0.544. The van der Waals surface area contributed by atoms with Crippen LogP contribution in [0.3, 0.4) is 0 Å². The molecular formula is C15H8NS+. The van der Waals surface area contributed by atoms with Crippen LogP contribution in [-0.4, -0.2) is 4.98 Å². The van der Waals surface area contributed by atoms with Crippen molar-refractivity contribution >= 4 is 34.4 Å². The van der Waals surface area contributed by atoms with Crippen LogP contribution in [0.1, 0.15) is 0 Å². The lowest BCUT2D eigenvalue weighted by molar-refractivity contribution is 1.42. The predicted molar refractivity (Wildman–Crippen MR) is 72.5 cm³/mol. The van der Waals surface area contributed by atoms with Gasteiger partial charge in [-0.2, -0.15) is 4.98 Å². The van der Waals surface area contributed by atoms with Gasteiger partial charge in [-0.1, -0.05) is 29.5 Å². The number of hydrogen-bond acceptors (Lipinski definition) is 2. The summed E-state index contributed by atoms with van der Waals surface area (Å²) in [6, 6.07) is 8.29. The fourth-order valence-electron chi connectivity index (χ4n) is 2.24. The highest BCUT2D eigenvalue weighted by molar-refractivity contribution is 7.08. The van der Waals surface area contributed by atoms with Crippen LogP contribution in [0.4, 0.5) is 0 Å². The second-order valence-corrected chi connectivity index (χ2v) is 4.95. The van der Waals surface area contributed by atoms with Crippen LogP contribution >= 0.6 is 11.3 Å². The molecule has 0 aromatic heterocycles. The first-order chi connectivity index (χ1) is 8.43. The van der Waals surface area contributed by atoms with Crippen molar-refractivity contribution in [2.24, 2.45) is 0 Å². The summed E-state index contributed by atoms with van der Waals surface area (Å²) in [6.45, 7) is 0. The molecule has 0 bridgehead atoms. The maximum Gasteiger partial charge on any atom is 0.192 e.